The first-order valence-corrected chi connectivity index (χ1v) is 9.16. The van der Waals surface area contributed by atoms with Crippen LogP contribution in [0.4, 0.5) is 0 Å². The minimum absolute atomic E-state index is 0.0102. The van der Waals surface area contributed by atoms with E-state index < -0.39 is 19.9 Å². The number of nitrogens with zero attached hydrogens (tertiary/aromatic N) is 1. The summed E-state index contributed by atoms with van der Waals surface area (Å²) in [7, 11) is -6.93. The number of halogens is 1. The number of nitrogens with one attached hydrogen (secondary N) is 1. The fourth-order valence-corrected chi connectivity index (χ4v) is 4.44. The number of aromatic nitrogens is 1. The van der Waals surface area contributed by atoms with Crippen molar-refractivity contribution in [1.29, 1.82) is 0 Å². The number of hydrogen-bond acceptors (Lipinski definition) is 6. The molecule has 0 spiro atoms. The molecule has 98 valence electrons. The topological polar surface area (TPSA) is 93.2 Å². The number of sulfone groups is 1. The molecule has 0 aliphatic carbocycles. The molecule has 0 saturated heterocycles. The van der Waals surface area contributed by atoms with Gasteiger partial charge in [0.2, 0.25) is 0 Å². The third-order valence-corrected chi connectivity index (χ3v) is 6.02. The van der Waals surface area contributed by atoms with Crippen molar-refractivity contribution in [3.05, 3.63) is 10.2 Å². The number of sulfonamides is 1. The quantitative estimate of drug-likeness (QED) is 0.849. The largest absolute Gasteiger partial charge is 0.252 e. The van der Waals surface area contributed by atoms with Gasteiger partial charge in [-0.05, 0) is 6.92 Å². The highest BCUT2D eigenvalue weighted by Crippen LogP contribution is 2.26. The van der Waals surface area contributed by atoms with E-state index in [0.717, 1.165) is 17.6 Å². The van der Waals surface area contributed by atoms with Crippen LogP contribution in [0.5, 0.6) is 0 Å². The van der Waals surface area contributed by atoms with Crippen LogP contribution < -0.4 is 4.72 Å². The Bertz CT molecular complexity index is 605. The van der Waals surface area contributed by atoms with Crippen LogP contribution in [0.2, 0.25) is 4.47 Å². The average molecular weight is 319 g/mol. The summed E-state index contributed by atoms with van der Waals surface area (Å²) in [6.07, 6.45) is 1.04. The first-order valence-electron chi connectivity index (χ1n) is 4.42. The average Bonchev–Trinajstić information content (AvgIpc) is 2.43. The summed E-state index contributed by atoms with van der Waals surface area (Å²) in [5.74, 6) is -0.252. The lowest BCUT2D eigenvalue weighted by molar-refractivity contribution is 0.583. The maximum atomic E-state index is 11.8. The van der Waals surface area contributed by atoms with Gasteiger partial charge in [-0.2, -0.15) is 0 Å². The molecule has 0 atom stereocenters. The molecule has 0 bridgehead atoms. The monoisotopic (exact) mass is 318 g/mol. The van der Waals surface area contributed by atoms with Crippen molar-refractivity contribution in [2.75, 3.05) is 18.6 Å². The van der Waals surface area contributed by atoms with Crippen molar-refractivity contribution in [3.8, 4) is 0 Å². The van der Waals surface area contributed by atoms with Gasteiger partial charge in [-0.1, -0.05) is 22.9 Å². The molecule has 1 heterocycles. The lowest BCUT2D eigenvalue weighted by atomic mass is 10.6. The Hall–Kier alpha value is -0.220. The third kappa shape index (κ3) is 4.51. The van der Waals surface area contributed by atoms with E-state index in [2.05, 4.69) is 9.71 Å². The van der Waals surface area contributed by atoms with Crippen LogP contribution in [0.25, 0.3) is 0 Å². The van der Waals surface area contributed by atoms with E-state index in [0.29, 0.717) is 5.69 Å². The van der Waals surface area contributed by atoms with Crippen molar-refractivity contribution in [3.63, 3.8) is 0 Å². The molecule has 0 fully saturated rings. The smallest absolute Gasteiger partial charge is 0.229 e. The standard InChI is InChI=1S/C7H11ClN2O4S3/c1-5-6(15-7(8)10-5)17(13,14)9-3-4-16(2,11)12/h9H,3-4H2,1-2H3. The molecule has 0 unspecified atom stereocenters. The molecule has 0 radical (unpaired) electrons. The zero-order valence-electron chi connectivity index (χ0n) is 9.10. The SMILES string of the molecule is Cc1nc(Cl)sc1S(=O)(=O)NCCS(C)(=O)=O. The fourth-order valence-electron chi connectivity index (χ4n) is 1.03. The Morgan fingerprint density at radius 3 is 2.35 bits per heavy atom. The van der Waals surface area contributed by atoms with Crippen LogP contribution in [-0.4, -0.2) is 40.4 Å². The van der Waals surface area contributed by atoms with E-state index >= 15 is 0 Å². The maximum absolute atomic E-state index is 11.8. The molecule has 17 heavy (non-hydrogen) atoms. The second-order valence-electron chi connectivity index (χ2n) is 3.37. The van der Waals surface area contributed by atoms with E-state index in [9.17, 15) is 16.8 Å². The number of thiazole rings is 1. The van der Waals surface area contributed by atoms with E-state index in [1.807, 2.05) is 0 Å². The van der Waals surface area contributed by atoms with Crippen molar-refractivity contribution < 1.29 is 16.8 Å². The number of hydrogen-bond donors (Lipinski definition) is 1. The van der Waals surface area contributed by atoms with Crippen molar-refractivity contribution in [1.82, 2.24) is 9.71 Å². The highest BCUT2D eigenvalue weighted by atomic mass is 35.5. The zero-order valence-corrected chi connectivity index (χ0v) is 12.3. The van der Waals surface area contributed by atoms with E-state index in [-0.39, 0.29) is 21.0 Å². The predicted molar refractivity (Wildman–Crippen MR) is 66.8 cm³/mol. The molecule has 1 aromatic rings. The molecule has 6 nitrogen and oxygen atoms in total. The summed E-state index contributed by atoms with van der Waals surface area (Å²) < 4.78 is 47.6. The van der Waals surface area contributed by atoms with E-state index in [1.165, 1.54) is 6.92 Å². The van der Waals surface area contributed by atoms with Crippen LogP contribution in [0.3, 0.4) is 0 Å². The number of aryl methyl sites for hydroxylation is 1. The summed E-state index contributed by atoms with van der Waals surface area (Å²) in [6.45, 7) is 1.35. The van der Waals surface area contributed by atoms with Gasteiger partial charge in [0.05, 0.1) is 11.4 Å². The fraction of sp³-hybridized carbons (Fsp3) is 0.571. The Labute approximate surface area is 109 Å². The molecule has 0 amide bonds. The molecule has 1 aromatic heterocycles. The van der Waals surface area contributed by atoms with Crippen LogP contribution in [0, 0.1) is 6.92 Å². The molecule has 0 aliphatic heterocycles. The second kappa shape index (κ2) is 5.19. The van der Waals surface area contributed by atoms with E-state index in [4.69, 9.17) is 11.6 Å². The highest BCUT2D eigenvalue weighted by Gasteiger charge is 2.21. The summed E-state index contributed by atoms with van der Waals surface area (Å²) in [5.41, 5.74) is 0.298. The van der Waals surface area contributed by atoms with Gasteiger partial charge < -0.3 is 0 Å². The van der Waals surface area contributed by atoms with Crippen LogP contribution in [-0.2, 0) is 19.9 Å². The van der Waals surface area contributed by atoms with Gasteiger partial charge in [-0.3, -0.25) is 0 Å². The lowest BCUT2D eigenvalue weighted by Crippen LogP contribution is -2.28. The van der Waals surface area contributed by atoms with E-state index in [1.54, 1.807) is 0 Å². The Kier molecular flexibility index (Phi) is 4.53. The maximum Gasteiger partial charge on any atom is 0.252 e. The molecule has 0 aliphatic rings. The van der Waals surface area contributed by atoms with Crippen LogP contribution >= 0.6 is 22.9 Å². The van der Waals surface area contributed by atoms with Crippen molar-refractivity contribution in [2.24, 2.45) is 0 Å². The van der Waals surface area contributed by atoms with Gasteiger partial charge in [-0.15, -0.1) is 0 Å². The second-order valence-corrected chi connectivity index (χ2v) is 9.17. The summed E-state index contributed by atoms with van der Waals surface area (Å²) >= 11 is 6.43. The summed E-state index contributed by atoms with van der Waals surface area (Å²) in [6, 6.07) is 0. The van der Waals surface area contributed by atoms with Gasteiger partial charge in [0.25, 0.3) is 10.0 Å². The van der Waals surface area contributed by atoms with Crippen LogP contribution in [0.1, 0.15) is 5.69 Å². The molecular formula is C7H11ClN2O4S3. The minimum atomic E-state index is -3.74. The molecule has 0 aromatic carbocycles. The lowest BCUT2D eigenvalue weighted by Gasteiger charge is -2.03. The predicted octanol–water partition coefficient (Wildman–Crippen LogP) is 0.428. The zero-order chi connectivity index (χ0) is 13.3. The molecular weight excluding hydrogens is 308 g/mol. The Balaban J connectivity index is 2.80. The molecule has 1 N–H and O–H groups in total. The molecule has 10 heteroatoms. The molecule has 1 rings (SSSR count). The summed E-state index contributed by atoms with van der Waals surface area (Å²) in [5, 5.41) is 0. The van der Waals surface area contributed by atoms with Gasteiger partial charge in [0.1, 0.15) is 9.84 Å². The minimum Gasteiger partial charge on any atom is -0.229 e. The first-order chi connectivity index (χ1) is 7.62. The number of rotatable bonds is 5. The normalized spacial score (nSPS) is 12.9. The Morgan fingerprint density at radius 2 is 1.94 bits per heavy atom. The van der Waals surface area contributed by atoms with Gasteiger partial charge >= 0.3 is 0 Å². The summed E-state index contributed by atoms with van der Waals surface area (Å²) in [4.78, 5) is 3.78. The van der Waals surface area contributed by atoms with Gasteiger partial charge in [-0.25, -0.2) is 26.5 Å². The van der Waals surface area contributed by atoms with Gasteiger partial charge in [0, 0.05) is 12.8 Å². The van der Waals surface area contributed by atoms with Gasteiger partial charge in [0.15, 0.2) is 8.68 Å². The van der Waals surface area contributed by atoms with Crippen molar-refractivity contribution in [2.45, 2.75) is 11.1 Å². The van der Waals surface area contributed by atoms with Crippen molar-refractivity contribution >= 4 is 42.8 Å². The Morgan fingerprint density at radius 1 is 1.35 bits per heavy atom. The highest BCUT2D eigenvalue weighted by molar-refractivity contribution is 7.92. The first kappa shape index (κ1) is 14.8. The molecule has 0 saturated carbocycles. The van der Waals surface area contributed by atoms with Crippen LogP contribution in [0.15, 0.2) is 4.21 Å². The third-order valence-electron chi connectivity index (χ3n) is 1.74.